The van der Waals surface area contributed by atoms with E-state index in [2.05, 4.69) is 39.5 Å². The zero-order valence-corrected chi connectivity index (χ0v) is 30.8. The molecule has 0 aromatic rings. The highest BCUT2D eigenvalue weighted by molar-refractivity contribution is 5.66. The van der Waals surface area contributed by atoms with E-state index in [1.165, 1.54) is 32.6 Å². The van der Waals surface area contributed by atoms with Gasteiger partial charge < -0.3 is 33.9 Å². The Balaban J connectivity index is 1.03. The van der Waals surface area contributed by atoms with Gasteiger partial charge in [-0.15, -0.1) is 0 Å². The highest BCUT2D eigenvalue weighted by Gasteiger charge is 2.84. The number of hydrogen-bond donors (Lipinski definition) is 2. The topological polar surface area (TPSA) is 107 Å². The molecule has 48 heavy (non-hydrogen) atoms. The molecule has 2 N–H and O–H groups in total. The lowest BCUT2D eigenvalue weighted by molar-refractivity contribution is -0.256. The fourth-order valence-corrected chi connectivity index (χ4v) is 14.3. The van der Waals surface area contributed by atoms with Crippen LogP contribution in [0.15, 0.2) is 0 Å². The Morgan fingerprint density at radius 2 is 1.73 bits per heavy atom. The predicted octanol–water partition coefficient (Wildman–Crippen LogP) is 4.94. The van der Waals surface area contributed by atoms with E-state index in [9.17, 15) is 15.0 Å². The molecular formula is C39H63NO8. The third-order valence-corrected chi connectivity index (χ3v) is 16.6. The Morgan fingerprint density at radius 1 is 1.02 bits per heavy atom. The van der Waals surface area contributed by atoms with Crippen LogP contribution in [0.4, 0.5) is 0 Å². The van der Waals surface area contributed by atoms with E-state index >= 15 is 0 Å². The van der Waals surface area contributed by atoms with E-state index in [0.29, 0.717) is 29.7 Å². The number of nitrogens with zero attached hydrogens (tertiary/aromatic N) is 1. The molecule has 8 aliphatic rings. The van der Waals surface area contributed by atoms with Gasteiger partial charge in [0.2, 0.25) is 0 Å². The molecule has 3 aliphatic heterocycles. The summed E-state index contributed by atoms with van der Waals surface area (Å²) in [7, 11) is 0. The summed E-state index contributed by atoms with van der Waals surface area (Å²) in [6.45, 7) is 21.0. The maximum atomic E-state index is 12.6. The van der Waals surface area contributed by atoms with Gasteiger partial charge in [0.15, 0.2) is 12.4 Å². The molecular weight excluding hydrogens is 610 g/mol. The quantitative estimate of drug-likeness (QED) is 0.379. The van der Waals surface area contributed by atoms with E-state index in [1.54, 1.807) is 13.8 Å². The Bertz CT molecular complexity index is 1280. The van der Waals surface area contributed by atoms with E-state index < -0.39 is 29.9 Å². The minimum absolute atomic E-state index is 0.0504. The number of rotatable bonds is 6. The van der Waals surface area contributed by atoms with Gasteiger partial charge in [-0.05, 0) is 111 Å². The first kappa shape index (κ1) is 34.3. The number of hydrogen-bond acceptors (Lipinski definition) is 9. The molecule has 14 atom stereocenters. The minimum atomic E-state index is -1.25. The molecule has 9 heteroatoms. The number of fused-ring (bicyclic) bond motifs is 4. The van der Waals surface area contributed by atoms with Crippen molar-refractivity contribution >= 4 is 5.97 Å². The molecule has 5 saturated carbocycles. The molecule has 0 aromatic heterocycles. The predicted molar refractivity (Wildman–Crippen MR) is 179 cm³/mol. The Hall–Kier alpha value is -0.810. The van der Waals surface area contributed by atoms with E-state index in [1.807, 2.05) is 0 Å². The van der Waals surface area contributed by atoms with Crippen LogP contribution in [0.3, 0.4) is 0 Å². The van der Waals surface area contributed by atoms with Gasteiger partial charge in [-0.1, -0.05) is 34.6 Å². The van der Waals surface area contributed by atoms with Gasteiger partial charge >= 0.3 is 5.97 Å². The molecule has 0 bridgehead atoms. The lowest BCUT2D eigenvalue weighted by Gasteiger charge is -2.64. The highest BCUT2D eigenvalue weighted by Crippen LogP contribution is 2.89. The molecule has 272 valence electrons. The number of carbonyl (C=O) groups excluding carboxylic acids is 1. The SMILES string of the molecule is CC(=O)O[C@@H](C1C[C@@H](C)[C@H]2C(O1)[C@@H](O)[C@@]1(C)C3CC[C@H]4C(C)(C)C(O[C@H]5CN(C6COC6)CCO5)CC[C@@]45C[C@@]35CC[C@]21C)C(C)(C)O. The lowest BCUT2D eigenvalue weighted by Crippen LogP contribution is -2.60. The van der Waals surface area contributed by atoms with Crippen LogP contribution in [0.2, 0.25) is 0 Å². The second kappa shape index (κ2) is 11.1. The first-order chi connectivity index (χ1) is 22.5. The van der Waals surface area contributed by atoms with Gasteiger partial charge in [0.25, 0.3) is 0 Å². The van der Waals surface area contributed by atoms with Crippen molar-refractivity contribution in [1.82, 2.24) is 4.90 Å². The fraction of sp³-hybridized carbons (Fsp3) is 0.974. The van der Waals surface area contributed by atoms with Gasteiger partial charge in [0.05, 0.1) is 62.4 Å². The molecule has 9 nitrogen and oxygen atoms in total. The van der Waals surface area contributed by atoms with Crippen LogP contribution >= 0.6 is 0 Å². The summed E-state index contributed by atoms with van der Waals surface area (Å²) in [6, 6.07) is 0.508. The smallest absolute Gasteiger partial charge is 0.303 e. The second-order valence-electron chi connectivity index (χ2n) is 19.3. The van der Waals surface area contributed by atoms with Crippen molar-refractivity contribution in [2.45, 2.75) is 155 Å². The van der Waals surface area contributed by atoms with Crippen molar-refractivity contribution in [2.24, 2.45) is 50.7 Å². The first-order valence-electron chi connectivity index (χ1n) is 19.3. The van der Waals surface area contributed by atoms with Crippen LogP contribution in [0, 0.1) is 50.7 Å². The Kier molecular flexibility index (Phi) is 7.93. The van der Waals surface area contributed by atoms with E-state index in [-0.39, 0.29) is 52.0 Å². The average molecular weight is 674 g/mol. The van der Waals surface area contributed by atoms with Crippen LogP contribution in [0.1, 0.15) is 107 Å². The number of aliphatic hydroxyl groups is 2. The Labute approximate surface area is 288 Å². The van der Waals surface area contributed by atoms with Gasteiger partial charge in [-0.2, -0.15) is 0 Å². The van der Waals surface area contributed by atoms with E-state index in [4.69, 9.17) is 23.7 Å². The summed E-state index contributed by atoms with van der Waals surface area (Å²) in [4.78, 5) is 14.6. The molecule has 8 rings (SSSR count). The van der Waals surface area contributed by atoms with Crippen LogP contribution in [-0.4, -0.2) is 102 Å². The van der Waals surface area contributed by atoms with E-state index in [0.717, 1.165) is 52.2 Å². The van der Waals surface area contributed by atoms with Gasteiger partial charge in [-0.25, -0.2) is 0 Å². The molecule has 0 radical (unpaired) electrons. The third-order valence-electron chi connectivity index (χ3n) is 16.6. The van der Waals surface area contributed by atoms with Crippen molar-refractivity contribution in [1.29, 1.82) is 0 Å². The number of carbonyl (C=O) groups is 1. The largest absolute Gasteiger partial charge is 0.457 e. The highest BCUT2D eigenvalue weighted by atomic mass is 16.7. The third kappa shape index (κ3) is 4.55. The fourth-order valence-electron chi connectivity index (χ4n) is 14.3. The van der Waals surface area contributed by atoms with Crippen molar-refractivity contribution < 1.29 is 38.7 Å². The first-order valence-corrected chi connectivity index (χ1v) is 19.3. The van der Waals surface area contributed by atoms with Gasteiger partial charge in [0.1, 0.15) is 0 Å². The summed E-state index contributed by atoms with van der Waals surface area (Å²) in [5.74, 6) is 1.12. The van der Waals surface area contributed by atoms with Crippen LogP contribution < -0.4 is 0 Å². The number of aliphatic hydroxyl groups excluding tert-OH is 1. The molecule has 4 unspecified atom stereocenters. The monoisotopic (exact) mass is 673 g/mol. The molecule has 3 heterocycles. The number of esters is 1. The molecule has 3 saturated heterocycles. The zero-order chi connectivity index (χ0) is 34.2. The van der Waals surface area contributed by atoms with Crippen molar-refractivity contribution in [3.05, 3.63) is 0 Å². The molecule has 0 amide bonds. The van der Waals surface area contributed by atoms with Crippen molar-refractivity contribution in [3.63, 3.8) is 0 Å². The van der Waals surface area contributed by atoms with Gasteiger partial charge in [0, 0.05) is 18.9 Å². The summed E-state index contributed by atoms with van der Waals surface area (Å²) in [5.41, 5.74) is -0.943. The van der Waals surface area contributed by atoms with Crippen LogP contribution in [-0.2, 0) is 28.5 Å². The maximum Gasteiger partial charge on any atom is 0.303 e. The zero-order valence-electron chi connectivity index (χ0n) is 30.8. The summed E-state index contributed by atoms with van der Waals surface area (Å²) < 4.78 is 31.1. The summed E-state index contributed by atoms with van der Waals surface area (Å²) in [5, 5.41) is 23.6. The standard InChI is InChI=1S/C39H63NO8/c1-22-17-25(33(35(5,6)43)46-23(2)41)47-31-30(22)36(7)13-14-39-21-38(39)12-11-28(48-29-18-40(15-16-45-29)24-19-44-20-24)34(3,4)26(38)9-10-27(39)37(36,8)32(31)42/h22,24-33,42-43H,9-21H2,1-8H3/t22-,25?,26+,27?,28?,29+,30+,31?,32-,33+,36-,37-,38-,39+/m1/s1. The van der Waals surface area contributed by atoms with Gasteiger partial charge in [-0.3, -0.25) is 9.69 Å². The second-order valence-corrected chi connectivity index (χ2v) is 19.3. The number of morpholine rings is 1. The molecule has 8 fully saturated rings. The molecule has 0 aromatic carbocycles. The van der Waals surface area contributed by atoms with Crippen molar-refractivity contribution in [2.75, 3.05) is 32.9 Å². The lowest BCUT2D eigenvalue weighted by atomic mass is 9.41. The van der Waals surface area contributed by atoms with Crippen LogP contribution in [0.5, 0.6) is 0 Å². The Morgan fingerprint density at radius 3 is 2.40 bits per heavy atom. The maximum absolute atomic E-state index is 12.6. The summed E-state index contributed by atoms with van der Waals surface area (Å²) >= 11 is 0. The minimum Gasteiger partial charge on any atom is -0.457 e. The van der Waals surface area contributed by atoms with Crippen molar-refractivity contribution in [3.8, 4) is 0 Å². The normalized spacial score (nSPS) is 52.1. The number of ether oxygens (including phenoxy) is 5. The molecule has 5 aliphatic carbocycles. The average Bonchev–Trinajstić information content (AvgIpc) is 3.61. The van der Waals surface area contributed by atoms with Crippen LogP contribution in [0.25, 0.3) is 0 Å². The molecule has 2 spiro atoms. The summed E-state index contributed by atoms with van der Waals surface area (Å²) in [6.07, 6.45) is 6.76.